The molecule has 0 radical (unpaired) electrons. The number of rotatable bonds is 5. The van der Waals surface area contributed by atoms with Gasteiger partial charge < -0.3 is 4.90 Å². The van der Waals surface area contributed by atoms with E-state index in [0.717, 1.165) is 57.8 Å². The Morgan fingerprint density at radius 2 is 1.96 bits per heavy atom. The molecule has 0 N–H and O–H groups in total. The molecule has 4 heterocycles. The first-order chi connectivity index (χ1) is 13.2. The quantitative estimate of drug-likeness (QED) is 0.795. The summed E-state index contributed by atoms with van der Waals surface area (Å²) in [4.78, 5) is 25.7. The average Bonchev–Trinajstić information content (AvgIpc) is 3.18. The number of carbonyl (C=O) groups is 1. The van der Waals surface area contributed by atoms with Crippen LogP contribution in [0.4, 0.5) is 0 Å². The number of carbonyl (C=O) groups excluding carboxylic acids is 1. The molecule has 0 aliphatic carbocycles. The molecule has 1 fully saturated rings. The first-order valence-electron chi connectivity index (χ1n) is 9.95. The van der Waals surface area contributed by atoms with Crippen molar-refractivity contribution >= 4 is 17.2 Å². The van der Waals surface area contributed by atoms with Crippen molar-refractivity contribution in [3.05, 3.63) is 52.0 Å². The van der Waals surface area contributed by atoms with Crippen LogP contribution in [0.15, 0.2) is 35.8 Å². The standard InChI is InChI=1S/C21H28N4OS/c1-2-19-18-7-14-27-20(18)6-9-25(19)21(26)16-24-12-10-23(11-13-24)15-17-5-3-4-8-22-17/h3-5,7-8,14,19H,2,6,9-13,15-16H2,1H3. The summed E-state index contributed by atoms with van der Waals surface area (Å²) in [7, 11) is 0. The van der Waals surface area contributed by atoms with Gasteiger partial charge in [-0.05, 0) is 42.0 Å². The highest BCUT2D eigenvalue weighted by Gasteiger charge is 2.31. The SMILES string of the molecule is CCC1c2ccsc2CCN1C(=O)CN1CCN(Cc2ccccn2)CC1. The van der Waals surface area contributed by atoms with Crippen LogP contribution in [-0.2, 0) is 17.8 Å². The lowest BCUT2D eigenvalue weighted by Crippen LogP contribution is -2.51. The predicted molar refractivity (Wildman–Crippen MR) is 109 cm³/mol. The molecule has 0 aromatic carbocycles. The first kappa shape index (κ1) is 18.6. The fourth-order valence-electron chi connectivity index (χ4n) is 4.24. The minimum absolute atomic E-state index is 0.262. The third kappa shape index (κ3) is 4.23. The van der Waals surface area contributed by atoms with Crippen molar-refractivity contribution in [2.75, 3.05) is 39.3 Å². The van der Waals surface area contributed by atoms with Gasteiger partial charge in [0, 0.05) is 50.3 Å². The van der Waals surface area contributed by atoms with E-state index in [0.29, 0.717) is 6.54 Å². The second-order valence-corrected chi connectivity index (χ2v) is 8.43. The molecule has 0 bridgehead atoms. The average molecular weight is 385 g/mol. The third-order valence-electron chi connectivity index (χ3n) is 5.74. The molecule has 0 spiro atoms. The van der Waals surface area contributed by atoms with Gasteiger partial charge in [0.1, 0.15) is 0 Å². The van der Waals surface area contributed by atoms with Gasteiger partial charge in [-0.1, -0.05) is 13.0 Å². The van der Waals surface area contributed by atoms with Gasteiger partial charge in [-0.15, -0.1) is 11.3 Å². The summed E-state index contributed by atoms with van der Waals surface area (Å²) in [6, 6.07) is 8.55. The summed E-state index contributed by atoms with van der Waals surface area (Å²) >= 11 is 1.84. The molecular weight excluding hydrogens is 356 g/mol. The van der Waals surface area contributed by atoms with E-state index in [1.807, 2.05) is 29.7 Å². The molecule has 2 aromatic heterocycles. The summed E-state index contributed by atoms with van der Waals surface area (Å²) in [5.41, 5.74) is 2.50. The molecule has 1 atom stereocenters. The maximum atomic E-state index is 13.0. The van der Waals surface area contributed by atoms with Crippen LogP contribution in [0.3, 0.4) is 0 Å². The van der Waals surface area contributed by atoms with Crippen LogP contribution in [-0.4, -0.2) is 64.9 Å². The van der Waals surface area contributed by atoms with E-state index >= 15 is 0 Å². The molecule has 2 aliphatic heterocycles. The van der Waals surface area contributed by atoms with E-state index in [1.165, 1.54) is 10.4 Å². The smallest absolute Gasteiger partial charge is 0.237 e. The number of aromatic nitrogens is 1. The van der Waals surface area contributed by atoms with Crippen LogP contribution in [0.5, 0.6) is 0 Å². The second kappa shape index (κ2) is 8.50. The molecule has 0 saturated carbocycles. The van der Waals surface area contributed by atoms with Crippen molar-refractivity contribution < 1.29 is 4.79 Å². The van der Waals surface area contributed by atoms with E-state index < -0.39 is 0 Å². The highest BCUT2D eigenvalue weighted by atomic mass is 32.1. The summed E-state index contributed by atoms with van der Waals surface area (Å²) in [6.45, 7) is 8.39. The van der Waals surface area contributed by atoms with Crippen LogP contribution in [0.1, 0.15) is 35.5 Å². The summed E-state index contributed by atoms with van der Waals surface area (Å²) in [5.74, 6) is 0.289. The first-order valence-corrected chi connectivity index (χ1v) is 10.8. The van der Waals surface area contributed by atoms with Crippen molar-refractivity contribution in [3.8, 4) is 0 Å². The molecule has 1 amide bonds. The van der Waals surface area contributed by atoms with Crippen LogP contribution < -0.4 is 0 Å². The number of hydrogen-bond donors (Lipinski definition) is 0. The molecule has 5 nitrogen and oxygen atoms in total. The van der Waals surface area contributed by atoms with Gasteiger partial charge in [-0.2, -0.15) is 0 Å². The lowest BCUT2D eigenvalue weighted by atomic mass is 9.97. The molecule has 1 unspecified atom stereocenters. The second-order valence-electron chi connectivity index (χ2n) is 7.43. The van der Waals surface area contributed by atoms with Crippen LogP contribution in [0.2, 0.25) is 0 Å². The van der Waals surface area contributed by atoms with E-state index in [9.17, 15) is 4.79 Å². The molecule has 144 valence electrons. The largest absolute Gasteiger partial charge is 0.334 e. The molecule has 2 aromatic rings. The van der Waals surface area contributed by atoms with Gasteiger partial charge >= 0.3 is 0 Å². The Kier molecular flexibility index (Phi) is 5.86. The zero-order chi connectivity index (χ0) is 18.6. The third-order valence-corrected chi connectivity index (χ3v) is 6.73. The van der Waals surface area contributed by atoms with E-state index in [2.05, 4.69) is 44.1 Å². The fraction of sp³-hybridized carbons (Fsp3) is 0.524. The predicted octanol–water partition coefficient (Wildman–Crippen LogP) is 2.80. The molecule has 2 aliphatic rings. The van der Waals surface area contributed by atoms with Gasteiger partial charge in [-0.3, -0.25) is 19.6 Å². The van der Waals surface area contributed by atoms with E-state index in [-0.39, 0.29) is 11.9 Å². The molecule has 6 heteroatoms. The fourth-order valence-corrected chi connectivity index (χ4v) is 5.17. The lowest BCUT2D eigenvalue weighted by Gasteiger charge is -2.39. The van der Waals surface area contributed by atoms with Crippen molar-refractivity contribution in [2.45, 2.75) is 32.4 Å². The van der Waals surface area contributed by atoms with Crippen LogP contribution >= 0.6 is 11.3 Å². The molecule has 1 saturated heterocycles. The Bertz CT molecular complexity index is 755. The zero-order valence-electron chi connectivity index (χ0n) is 16.0. The minimum atomic E-state index is 0.262. The number of pyridine rings is 1. The number of thiophene rings is 1. The Hall–Kier alpha value is -1.76. The lowest BCUT2D eigenvalue weighted by molar-refractivity contribution is -0.135. The van der Waals surface area contributed by atoms with Gasteiger partial charge in [0.25, 0.3) is 0 Å². The van der Waals surface area contributed by atoms with Gasteiger partial charge in [0.15, 0.2) is 0 Å². The Morgan fingerprint density at radius 1 is 1.15 bits per heavy atom. The number of hydrogen-bond acceptors (Lipinski definition) is 5. The minimum Gasteiger partial charge on any atom is -0.334 e. The van der Waals surface area contributed by atoms with Gasteiger partial charge in [0.05, 0.1) is 18.3 Å². The number of amides is 1. The molecular formula is C21H28N4OS. The monoisotopic (exact) mass is 384 g/mol. The highest BCUT2D eigenvalue weighted by molar-refractivity contribution is 7.10. The highest BCUT2D eigenvalue weighted by Crippen LogP contribution is 2.35. The van der Waals surface area contributed by atoms with Crippen molar-refractivity contribution in [2.24, 2.45) is 0 Å². The Morgan fingerprint density at radius 3 is 2.70 bits per heavy atom. The number of piperazine rings is 1. The normalized spacial score (nSPS) is 21.2. The maximum Gasteiger partial charge on any atom is 0.237 e. The van der Waals surface area contributed by atoms with Gasteiger partial charge in [-0.25, -0.2) is 0 Å². The summed E-state index contributed by atoms with van der Waals surface area (Å²) in [6.07, 6.45) is 3.85. The number of nitrogens with zero attached hydrogens (tertiary/aromatic N) is 4. The Labute approximate surface area is 165 Å². The van der Waals surface area contributed by atoms with Crippen molar-refractivity contribution in [3.63, 3.8) is 0 Å². The van der Waals surface area contributed by atoms with Crippen LogP contribution in [0, 0.1) is 0 Å². The summed E-state index contributed by atoms with van der Waals surface area (Å²) < 4.78 is 0. The topological polar surface area (TPSA) is 39.7 Å². The van der Waals surface area contributed by atoms with E-state index in [1.54, 1.807) is 0 Å². The summed E-state index contributed by atoms with van der Waals surface area (Å²) in [5, 5.41) is 2.17. The molecule has 4 rings (SSSR count). The van der Waals surface area contributed by atoms with Crippen LogP contribution in [0.25, 0.3) is 0 Å². The van der Waals surface area contributed by atoms with Gasteiger partial charge in [0.2, 0.25) is 5.91 Å². The molecule has 27 heavy (non-hydrogen) atoms. The Balaban J connectivity index is 1.29. The maximum absolute atomic E-state index is 13.0. The van der Waals surface area contributed by atoms with E-state index in [4.69, 9.17) is 0 Å². The number of fused-ring (bicyclic) bond motifs is 1. The van der Waals surface area contributed by atoms with Crippen molar-refractivity contribution in [1.82, 2.24) is 19.7 Å². The van der Waals surface area contributed by atoms with Crippen molar-refractivity contribution in [1.29, 1.82) is 0 Å². The zero-order valence-corrected chi connectivity index (χ0v) is 16.8.